The average molecular weight is 306 g/mol. The average Bonchev–Trinajstić information content (AvgIpc) is 2.55. The molecule has 0 amide bonds. The van der Waals surface area contributed by atoms with Crippen molar-refractivity contribution in [3.63, 3.8) is 0 Å². The third kappa shape index (κ3) is 3.72. The molecule has 2 aliphatic rings. The molecule has 0 atom stereocenters. The molecule has 0 aromatic heterocycles. The summed E-state index contributed by atoms with van der Waals surface area (Å²) in [6.45, 7) is 5.29. The summed E-state index contributed by atoms with van der Waals surface area (Å²) >= 11 is 0. The lowest BCUT2D eigenvalue weighted by atomic mass is 10.0. The Morgan fingerprint density at radius 1 is 1.18 bits per heavy atom. The topological polar surface area (TPSA) is 45.2 Å². The van der Waals surface area contributed by atoms with Crippen molar-refractivity contribution >= 4 is 0 Å². The molecule has 1 N–H and O–H groups in total. The molecular formula is C17H26N2O3. The number of fused-ring (bicyclic) bond motifs is 1. The van der Waals surface area contributed by atoms with E-state index in [0.29, 0.717) is 19.3 Å². The first-order valence-corrected chi connectivity index (χ1v) is 8.18. The highest BCUT2D eigenvalue weighted by Crippen LogP contribution is 2.31. The molecule has 0 radical (unpaired) electrons. The molecule has 0 saturated carbocycles. The Balaban J connectivity index is 1.67. The second-order valence-electron chi connectivity index (χ2n) is 6.21. The van der Waals surface area contributed by atoms with Crippen molar-refractivity contribution in [1.29, 1.82) is 0 Å². The van der Waals surface area contributed by atoms with Gasteiger partial charge in [-0.05, 0) is 50.7 Å². The van der Waals surface area contributed by atoms with Gasteiger partial charge < -0.3 is 19.5 Å². The zero-order chi connectivity index (χ0) is 15.4. The van der Waals surface area contributed by atoms with Crippen LogP contribution in [0.5, 0.6) is 11.5 Å². The lowest BCUT2D eigenvalue weighted by Crippen LogP contribution is -2.44. The molecular weight excluding hydrogens is 280 g/mol. The highest BCUT2D eigenvalue weighted by molar-refractivity contribution is 5.43. The van der Waals surface area contributed by atoms with E-state index >= 15 is 0 Å². The van der Waals surface area contributed by atoms with Gasteiger partial charge in [0.1, 0.15) is 13.2 Å². The van der Waals surface area contributed by atoms with Crippen molar-refractivity contribution in [2.24, 2.45) is 0 Å². The van der Waals surface area contributed by atoms with Crippen LogP contribution in [-0.4, -0.2) is 67.5 Å². The number of ether oxygens (including phenoxy) is 2. The SMILES string of the molecule is CN1CCC(N(CCO)Cc2ccc3c(c2)OCCO3)CC1. The van der Waals surface area contributed by atoms with E-state index in [1.807, 2.05) is 6.07 Å². The van der Waals surface area contributed by atoms with Gasteiger partial charge in [-0.15, -0.1) is 0 Å². The molecule has 5 heteroatoms. The van der Waals surface area contributed by atoms with Gasteiger partial charge in [-0.1, -0.05) is 6.07 Å². The number of benzene rings is 1. The molecule has 1 aromatic rings. The van der Waals surface area contributed by atoms with Crippen LogP contribution >= 0.6 is 0 Å². The van der Waals surface area contributed by atoms with Crippen molar-refractivity contribution in [2.45, 2.75) is 25.4 Å². The van der Waals surface area contributed by atoms with Gasteiger partial charge in [0.2, 0.25) is 0 Å². The molecule has 3 rings (SSSR count). The van der Waals surface area contributed by atoms with E-state index < -0.39 is 0 Å². The second-order valence-corrected chi connectivity index (χ2v) is 6.21. The van der Waals surface area contributed by atoms with Crippen LogP contribution in [0.4, 0.5) is 0 Å². The Kier molecular flexibility index (Phi) is 5.18. The van der Waals surface area contributed by atoms with Crippen LogP contribution < -0.4 is 9.47 Å². The number of rotatable bonds is 5. The van der Waals surface area contributed by atoms with Crippen LogP contribution in [0, 0.1) is 0 Å². The summed E-state index contributed by atoms with van der Waals surface area (Å²) in [4.78, 5) is 4.77. The normalized spacial score (nSPS) is 19.6. The first kappa shape index (κ1) is 15.6. The Bertz CT molecular complexity index is 487. The largest absolute Gasteiger partial charge is 0.486 e. The fourth-order valence-electron chi connectivity index (χ4n) is 3.30. The minimum atomic E-state index is 0.205. The van der Waals surface area contributed by atoms with Crippen molar-refractivity contribution in [2.75, 3.05) is 46.5 Å². The zero-order valence-electron chi connectivity index (χ0n) is 13.3. The van der Waals surface area contributed by atoms with Gasteiger partial charge in [0, 0.05) is 19.1 Å². The second kappa shape index (κ2) is 7.31. The van der Waals surface area contributed by atoms with Gasteiger partial charge in [-0.3, -0.25) is 4.90 Å². The molecule has 0 spiro atoms. The lowest BCUT2D eigenvalue weighted by molar-refractivity contribution is 0.0939. The van der Waals surface area contributed by atoms with Crippen molar-refractivity contribution < 1.29 is 14.6 Å². The fourth-order valence-corrected chi connectivity index (χ4v) is 3.30. The lowest BCUT2D eigenvalue weighted by Gasteiger charge is -2.37. The summed E-state index contributed by atoms with van der Waals surface area (Å²) < 4.78 is 11.2. The standard InChI is InChI=1S/C17H26N2O3/c1-18-6-4-15(5-7-18)19(8-9-20)13-14-2-3-16-17(12-14)22-11-10-21-16/h2-3,12,15,20H,4-11,13H2,1H3. The van der Waals surface area contributed by atoms with Gasteiger partial charge in [-0.2, -0.15) is 0 Å². The number of likely N-dealkylation sites (tertiary alicyclic amines) is 1. The number of piperidine rings is 1. The molecule has 122 valence electrons. The van der Waals surface area contributed by atoms with Gasteiger partial charge in [0.25, 0.3) is 0 Å². The maximum atomic E-state index is 9.39. The highest BCUT2D eigenvalue weighted by atomic mass is 16.6. The monoisotopic (exact) mass is 306 g/mol. The van der Waals surface area contributed by atoms with E-state index in [2.05, 4.69) is 29.0 Å². The summed E-state index contributed by atoms with van der Waals surface area (Å²) in [6.07, 6.45) is 2.34. The van der Waals surface area contributed by atoms with E-state index in [-0.39, 0.29) is 6.61 Å². The van der Waals surface area contributed by atoms with E-state index in [4.69, 9.17) is 9.47 Å². The van der Waals surface area contributed by atoms with Crippen LogP contribution in [0.1, 0.15) is 18.4 Å². The van der Waals surface area contributed by atoms with Crippen molar-refractivity contribution in [1.82, 2.24) is 9.80 Å². The van der Waals surface area contributed by atoms with Crippen LogP contribution in [-0.2, 0) is 6.54 Å². The van der Waals surface area contributed by atoms with E-state index in [1.54, 1.807) is 0 Å². The van der Waals surface area contributed by atoms with Crippen LogP contribution in [0.2, 0.25) is 0 Å². The maximum absolute atomic E-state index is 9.39. The summed E-state index contributed by atoms with van der Waals surface area (Å²) in [5.74, 6) is 1.68. The number of hydrogen-bond acceptors (Lipinski definition) is 5. The molecule has 0 bridgehead atoms. The third-order valence-corrected chi connectivity index (χ3v) is 4.58. The quantitative estimate of drug-likeness (QED) is 0.889. The van der Waals surface area contributed by atoms with Gasteiger partial charge in [0.05, 0.1) is 6.61 Å². The summed E-state index contributed by atoms with van der Waals surface area (Å²) in [7, 11) is 2.17. The van der Waals surface area contributed by atoms with Crippen LogP contribution in [0.15, 0.2) is 18.2 Å². The third-order valence-electron chi connectivity index (χ3n) is 4.58. The maximum Gasteiger partial charge on any atom is 0.161 e. The molecule has 1 saturated heterocycles. The molecule has 0 unspecified atom stereocenters. The molecule has 2 heterocycles. The molecule has 1 aromatic carbocycles. The number of aliphatic hydroxyl groups is 1. The van der Waals surface area contributed by atoms with Gasteiger partial charge in [-0.25, -0.2) is 0 Å². The smallest absolute Gasteiger partial charge is 0.161 e. The summed E-state index contributed by atoms with van der Waals surface area (Å²) in [5.41, 5.74) is 1.22. The Hall–Kier alpha value is -1.30. The first-order valence-electron chi connectivity index (χ1n) is 8.18. The Labute approximate surface area is 132 Å². The van der Waals surface area contributed by atoms with Crippen molar-refractivity contribution in [3.8, 4) is 11.5 Å². The minimum Gasteiger partial charge on any atom is -0.486 e. The number of hydrogen-bond donors (Lipinski definition) is 1. The van der Waals surface area contributed by atoms with E-state index in [9.17, 15) is 5.11 Å². The van der Waals surface area contributed by atoms with Gasteiger partial charge >= 0.3 is 0 Å². The van der Waals surface area contributed by atoms with Crippen molar-refractivity contribution in [3.05, 3.63) is 23.8 Å². The summed E-state index contributed by atoms with van der Waals surface area (Å²) in [6, 6.07) is 6.73. The fraction of sp³-hybridized carbons (Fsp3) is 0.647. The van der Waals surface area contributed by atoms with Crippen LogP contribution in [0.3, 0.4) is 0 Å². The number of aliphatic hydroxyl groups excluding tert-OH is 1. The molecule has 1 fully saturated rings. The van der Waals surface area contributed by atoms with Gasteiger partial charge in [0.15, 0.2) is 11.5 Å². The minimum absolute atomic E-state index is 0.205. The molecule has 2 aliphatic heterocycles. The zero-order valence-corrected chi connectivity index (χ0v) is 13.3. The van der Waals surface area contributed by atoms with E-state index in [0.717, 1.165) is 37.7 Å². The van der Waals surface area contributed by atoms with Crippen LogP contribution in [0.25, 0.3) is 0 Å². The first-order chi connectivity index (χ1) is 10.8. The predicted octanol–water partition coefficient (Wildman–Crippen LogP) is 1.35. The summed E-state index contributed by atoms with van der Waals surface area (Å²) in [5, 5.41) is 9.39. The highest BCUT2D eigenvalue weighted by Gasteiger charge is 2.23. The molecule has 22 heavy (non-hydrogen) atoms. The Morgan fingerprint density at radius 3 is 2.64 bits per heavy atom. The Morgan fingerprint density at radius 2 is 1.91 bits per heavy atom. The molecule has 0 aliphatic carbocycles. The van der Waals surface area contributed by atoms with E-state index in [1.165, 1.54) is 18.4 Å². The predicted molar refractivity (Wildman–Crippen MR) is 85.4 cm³/mol. The molecule has 5 nitrogen and oxygen atoms in total. The number of nitrogens with zero attached hydrogens (tertiary/aromatic N) is 2.